The molecule has 0 fully saturated rings. The number of amides is 1. The zero-order valence-corrected chi connectivity index (χ0v) is 8.35. The average molecular weight is 167 g/mol. The molecule has 12 heavy (non-hydrogen) atoms. The topological polar surface area (TPSA) is 20.3 Å². The number of rotatable bonds is 3. The Labute approximate surface area is 74.9 Å². The summed E-state index contributed by atoms with van der Waals surface area (Å²) in [5.74, 6) is 5.93. The van der Waals surface area contributed by atoms with Gasteiger partial charge in [0.1, 0.15) is 0 Å². The van der Waals surface area contributed by atoms with Crippen LogP contribution in [0.2, 0.25) is 0 Å². The van der Waals surface area contributed by atoms with Crippen LogP contribution in [0, 0.1) is 17.8 Å². The molecule has 1 amide bonds. The molecule has 0 heterocycles. The molecule has 2 heteroatoms. The van der Waals surface area contributed by atoms with Gasteiger partial charge in [-0.25, -0.2) is 0 Å². The summed E-state index contributed by atoms with van der Waals surface area (Å²) < 4.78 is 0. The van der Waals surface area contributed by atoms with Crippen LogP contribution >= 0.6 is 0 Å². The highest BCUT2D eigenvalue weighted by Crippen LogP contribution is 1.99. The predicted molar refractivity (Wildman–Crippen MR) is 50.5 cm³/mol. The molecule has 68 valence electrons. The Morgan fingerprint density at radius 1 is 1.50 bits per heavy atom. The zero-order chi connectivity index (χ0) is 9.56. The maximum Gasteiger partial charge on any atom is 0.225 e. The first-order chi connectivity index (χ1) is 5.63. The van der Waals surface area contributed by atoms with Gasteiger partial charge in [-0.05, 0) is 13.8 Å². The van der Waals surface area contributed by atoms with E-state index < -0.39 is 0 Å². The van der Waals surface area contributed by atoms with E-state index >= 15 is 0 Å². The van der Waals surface area contributed by atoms with Crippen LogP contribution in [0.4, 0.5) is 0 Å². The SMILES string of the molecule is CC#CCN(CC)C(=O)C(C)C. The van der Waals surface area contributed by atoms with Crippen molar-refractivity contribution in [2.45, 2.75) is 27.7 Å². The van der Waals surface area contributed by atoms with Gasteiger partial charge < -0.3 is 4.90 Å². The molecule has 0 atom stereocenters. The molecule has 0 radical (unpaired) electrons. The quantitative estimate of drug-likeness (QED) is 0.583. The minimum Gasteiger partial charge on any atom is -0.332 e. The summed E-state index contributed by atoms with van der Waals surface area (Å²) in [5.41, 5.74) is 0. The fourth-order valence-electron chi connectivity index (χ4n) is 0.885. The molecule has 0 aromatic rings. The van der Waals surface area contributed by atoms with Crippen molar-refractivity contribution >= 4 is 5.91 Å². The third-order valence-corrected chi connectivity index (χ3v) is 1.63. The van der Waals surface area contributed by atoms with Crippen molar-refractivity contribution in [3.8, 4) is 11.8 Å². The highest BCUT2D eigenvalue weighted by atomic mass is 16.2. The second kappa shape index (κ2) is 5.65. The van der Waals surface area contributed by atoms with Crippen LogP contribution in [0.1, 0.15) is 27.7 Å². The lowest BCUT2D eigenvalue weighted by atomic mass is 10.2. The summed E-state index contributed by atoms with van der Waals surface area (Å²) in [5, 5.41) is 0. The zero-order valence-electron chi connectivity index (χ0n) is 8.35. The van der Waals surface area contributed by atoms with Gasteiger partial charge in [0.15, 0.2) is 0 Å². The van der Waals surface area contributed by atoms with Gasteiger partial charge in [-0.1, -0.05) is 19.8 Å². The predicted octanol–water partition coefficient (Wildman–Crippen LogP) is 1.51. The van der Waals surface area contributed by atoms with Gasteiger partial charge in [0.05, 0.1) is 6.54 Å². The van der Waals surface area contributed by atoms with Crippen LogP contribution in [0.5, 0.6) is 0 Å². The lowest BCUT2D eigenvalue weighted by Gasteiger charge is -2.19. The van der Waals surface area contributed by atoms with Crippen LogP contribution in [-0.4, -0.2) is 23.9 Å². The molecule has 0 bridgehead atoms. The number of carbonyl (C=O) groups excluding carboxylic acids is 1. The van der Waals surface area contributed by atoms with Gasteiger partial charge in [0.25, 0.3) is 0 Å². The molecule has 2 nitrogen and oxygen atoms in total. The van der Waals surface area contributed by atoms with Gasteiger partial charge in [-0.2, -0.15) is 0 Å². The third-order valence-electron chi connectivity index (χ3n) is 1.63. The Kier molecular flexibility index (Phi) is 5.19. The molecule has 0 unspecified atom stereocenters. The van der Waals surface area contributed by atoms with E-state index in [1.54, 1.807) is 11.8 Å². The van der Waals surface area contributed by atoms with Crippen LogP contribution in [0.25, 0.3) is 0 Å². The van der Waals surface area contributed by atoms with Crippen molar-refractivity contribution in [3.05, 3.63) is 0 Å². The Balaban J connectivity index is 4.11. The van der Waals surface area contributed by atoms with Crippen molar-refractivity contribution in [2.24, 2.45) is 5.92 Å². The maximum absolute atomic E-state index is 11.4. The highest BCUT2D eigenvalue weighted by Gasteiger charge is 2.13. The van der Waals surface area contributed by atoms with Gasteiger partial charge in [-0.15, -0.1) is 5.92 Å². The second-order valence-corrected chi connectivity index (χ2v) is 2.93. The molecule has 0 aromatic heterocycles. The summed E-state index contributed by atoms with van der Waals surface area (Å²) in [7, 11) is 0. The monoisotopic (exact) mass is 167 g/mol. The smallest absolute Gasteiger partial charge is 0.225 e. The Bertz CT molecular complexity index is 198. The Morgan fingerprint density at radius 3 is 2.42 bits per heavy atom. The molecule has 0 aliphatic rings. The molecule has 0 spiro atoms. The normalized spacial score (nSPS) is 9.08. The number of nitrogens with zero attached hydrogens (tertiary/aromatic N) is 1. The Morgan fingerprint density at radius 2 is 2.08 bits per heavy atom. The van der Waals surface area contributed by atoms with E-state index in [0.717, 1.165) is 6.54 Å². The fourth-order valence-corrected chi connectivity index (χ4v) is 0.885. The van der Waals surface area contributed by atoms with E-state index in [4.69, 9.17) is 0 Å². The van der Waals surface area contributed by atoms with Crippen molar-refractivity contribution < 1.29 is 4.79 Å². The van der Waals surface area contributed by atoms with Gasteiger partial charge in [-0.3, -0.25) is 4.79 Å². The molecule has 0 rings (SSSR count). The molecular formula is C10H17NO. The summed E-state index contributed by atoms with van der Waals surface area (Å²) in [6.45, 7) is 8.87. The molecule has 0 saturated heterocycles. The van der Waals surface area contributed by atoms with Gasteiger partial charge in [0, 0.05) is 12.5 Å². The minimum atomic E-state index is 0.0728. The van der Waals surface area contributed by atoms with Crippen molar-refractivity contribution in [3.63, 3.8) is 0 Å². The highest BCUT2D eigenvalue weighted by molar-refractivity contribution is 5.78. The van der Waals surface area contributed by atoms with Crippen molar-refractivity contribution in [1.82, 2.24) is 4.90 Å². The van der Waals surface area contributed by atoms with E-state index in [2.05, 4.69) is 11.8 Å². The van der Waals surface area contributed by atoms with Crippen molar-refractivity contribution in [2.75, 3.05) is 13.1 Å². The third kappa shape index (κ3) is 3.43. The summed E-state index contributed by atoms with van der Waals surface area (Å²) in [6, 6.07) is 0. The molecule has 0 saturated carbocycles. The fraction of sp³-hybridized carbons (Fsp3) is 0.700. The first-order valence-corrected chi connectivity index (χ1v) is 4.31. The van der Waals surface area contributed by atoms with E-state index in [9.17, 15) is 4.79 Å². The van der Waals surface area contributed by atoms with Gasteiger partial charge in [0.2, 0.25) is 5.91 Å². The first kappa shape index (κ1) is 11.0. The largest absolute Gasteiger partial charge is 0.332 e. The lowest BCUT2D eigenvalue weighted by molar-refractivity contribution is -0.133. The summed E-state index contributed by atoms with van der Waals surface area (Å²) in [4.78, 5) is 13.2. The molecule has 0 aromatic carbocycles. The van der Waals surface area contributed by atoms with Crippen LogP contribution in [0.15, 0.2) is 0 Å². The molecule has 0 aliphatic carbocycles. The first-order valence-electron chi connectivity index (χ1n) is 4.31. The van der Waals surface area contributed by atoms with Crippen molar-refractivity contribution in [1.29, 1.82) is 0 Å². The van der Waals surface area contributed by atoms with E-state index in [0.29, 0.717) is 6.54 Å². The van der Waals surface area contributed by atoms with E-state index in [1.165, 1.54) is 0 Å². The molecule has 0 N–H and O–H groups in total. The molecular weight excluding hydrogens is 150 g/mol. The van der Waals surface area contributed by atoms with Gasteiger partial charge >= 0.3 is 0 Å². The Hall–Kier alpha value is -0.970. The summed E-state index contributed by atoms with van der Waals surface area (Å²) >= 11 is 0. The standard InChI is InChI=1S/C10H17NO/c1-5-7-8-11(6-2)10(12)9(3)4/h9H,6,8H2,1-4H3. The molecule has 0 aliphatic heterocycles. The number of hydrogen-bond donors (Lipinski definition) is 0. The van der Waals surface area contributed by atoms with Crippen LogP contribution in [0.3, 0.4) is 0 Å². The minimum absolute atomic E-state index is 0.0728. The maximum atomic E-state index is 11.4. The number of hydrogen-bond acceptors (Lipinski definition) is 1. The van der Waals surface area contributed by atoms with E-state index in [-0.39, 0.29) is 11.8 Å². The van der Waals surface area contributed by atoms with Crippen LogP contribution < -0.4 is 0 Å². The van der Waals surface area contributed by atoms with E-state index in [1.807, 2.05) is 20.8 Å². The average Bonchev–Trinajstić information content (AvgIpc) is 2.05. The second-order valence-electron chi connectivity index (χ2n) is 2.93. The summed E-state index contributed by atoms with van der Waals surface area (Å²) in [6.07, 6.45) is 0. The van der Waals surface area contributed by atoms with Crippen LogP contribution in [-0.2, 0) is 4.79 Å². The lowest BCUT2D eigenvalue weighted by Crippen LogP contribution is -2.34. The number of carbonyl (C=O) groups is 1.